The van der Waals surface area contributed by atoms with Gasteiger partial charge < -0.3 is 14.3 Å². The Morgan fingerprint density at radius 3 is 2.72 bits per heavy atom. The maximum Gasteiger partial charge on any atom is 0.328 e. The molecule has 2 aromatic rings. The number of hydrogen-bond donors (Lipinski definition) is 1. The topological polar surface area (TPSA) is 114 Å². The highest BCUT2D eigenvalue weighted by molar-refractivity contribution is 7.99. The third-order valence-corrected chi connectivity index (χ3v) is 4.97. The second-order valence-electron chi connectivity index (χ2n) is 5.91. The van der Waals surface area contributed by atoms with Gasteiger partial charge in [0.2, 0.25) is 11.8 Å². The SMILES string of the molecule is Cc1[nH]c(=O)n(C)c(=O)c1Cc1nnc(SCC(=O)N2CCCC2)o1. The van der Waals surface area contributed by atoms with Crippen LogP contribution in [0.25, 0.3) is 0 Å². The van der Waals surface area contributed by atoms with Gasteiger partial charge in [-0.15, -0.1) is 10.2 Å². The van der Waals surface area contributed by atoms with Gasteiger partial charge in [0.15, 0.2) is 0 Å². The molecule has 0 aromatic carbocycles. The number of rotatable bonds is 5. The van der Waals surface area contributed by atoms with Gasteiger partial charge in [-0.05, 0) is 19.8 Å². The maximum absolute atomic E-state index is 12.2. The number of hydrogen-bond acceptors (Lipinski definition) is 7. The summed E-state index contributed by atoms with van der Waals surface area (Å²) < 4.78 is 6.51. The molecule has 1 fully saturated rings. The molecule has 1 amide bonds. The number of aromatic amines is 1. The van der Waals surface area contributed by atoms with Crippen LogP contribution < -0.4 is 11.2 Å². The molecule has 3 rings (SSSR count). The number of likely N-dealkylation sites (tertiary alicyclic amines) is 1. The van der Waals surface area contributed by atoms with E-state index in [9.17, 15) is 14.4 Å². The minimum atomic E-state index is -0.464. The molecule has 9 nitrogen and oxygen atoms in total. The summed E-state index contributed by atoms with van der Waals surface area (Å²) in [5.74, 6) is 0.581. The van der Waals surface area contributed by atoms with E-state index in [0.717, 1.165) is 30.5 Å². The molecule has 1 N–H and O–H groups in total. The van der Waals surface area contributed by atoms with Gasteiger partial charge in [0.1, 0.15) is 0 Å². The molecule has 2 aromatic heterocycles. The van der Waals surface area contributed by atoms with Crippen LogP contribution in [0.5, 0.6) is 0 Å². The zero-order valence-corrected chi connectivity index (χ0v) is 14.9. The average molecular weight is 365 g/mol. The summed E-state index contributed by atoms with van der Waals surface area (Å²) in [6, 6.07) is 0. The van der Waals surface area contributed by atoms with Crippen molar-refractivity contribution in [3.05, 3.63) is 38.0 Å². The standard InChI is InChI=1S/C15H19N5O4S/c1-9-10(13(22)19(2)14(23)16-9)7-11-17-18-15(24-11)25-8-12(21)20-5-3-4-6-20/h3-8H2,1-2H3,(H,16,23). The highest BCUT2D eigenvalue weighted by atomic mass is 32.2. The lowest BCUT2D eigenvalue weighted by Gasteiger charge is -2.13. The Kier molecular flexibility index (Phi) is 5.07. The highest BCUT2D eigenvalue weighted by Gasteiger charge is 2.19. The van der Waals surface area contributed by atoms with E-state index in [1.165, 1.54) is 18.8 Å². The lowest BCUT2D eigenvalue weighted by molar-refractivity contribution is -0.127. The fourth-order valence-corrected chi connectivity index (χ4v) is 3.37. The van der Waals surface area contributed by atoms with Crippen molar-refractivity contribution in [1.82, 2.24) is 24.6 Å². The minimum absolute atomic E-state index is 0.0626. The third-order valence-electron chi connectivity index (χ3n) is 4.17. The van der Waals surface area contributed by atoms with E-state index in [1.807, 2.05) is 4.90 Å². The summed E-state index contributed by atoms with van der Waals surface area (Å²) in [6.45, 7) is 3.27. The molecule has 1 saturated heterocycles. The van der Waals surface area contributed by atoms with E-state index >= 15 is 0 Å². The predicted octanol–water partition coefficient (Wildman–Crippen LogP) is 0.0703. The number of H-pyrrole nitrogens is 1. The molecule has 0 aliphatic carbocycles. The predicted molar refractivity (Wildman–Crippen MR) is 90.7 cm³/mol. The first-order valence-corrected chi connectivity index (χ1v) is 8.96. The van der Waals surface area contributed by atoms with Crippen molar-refractivity contribution in [2.24, 2.45) is 7.05 Å². The van der Waals surface area contributed by atoms with Gasteiger partial charge >= 0.3 is 5.69 Å². The molecule has 0 saturated carbocycles. The first kappa shape index (κ1) is 17.5. The Balaban J connectivity index is 1.66. The van der Waals surface area contributed by atoms with Crippen molar-refractivity contribution in [3.63, 3.8) is 0 Å². The first-order valence-electron chi connectivity index (χ1n) is 7.97. The monoisotopic (exact) mass is 365 g/mol. The van der Waals surface area contributed by atoms with E-state index in [-0.39, 0.29) is 24.0 Å². The summed E-state index contributed by atoms with van der Waals surface area (Å²) >= 11 is 1.19. The molecule has 10 heteroatoms. The van der Waals surface area contributed by atoms with Gasteiger partial charge in [0, 0.05) is 31.4 Å². The fourth-order valence-electron chi connectivity index (χ4n) is 2.68. The summed E-state index contributed by atoms with van der Waals surface area (Å²) in [5.41, 5.74) is 0.0199. The Labute approximate surface area is 147 Å². The number of aromatic nitrogens is 4. The molecule has 0 atom stereocenters. The van der Waals surface area contributed by atoms with Crippen molar-refractivity contribution in [1.29, 1.82) is 0 Å². The maximum atomic E-state index is 12.2. The van der Waals surface area contributed by atoms with Crippen LogP contribution in [0, 0.1) is 6.92 Å². The number of thioether (sulfide) groups is 1. The molecule has 0 spiro atoms. The number of nitrogens with zero attached hydrogens (tertiary/aromatic N) is 4. The van der Waals surface area contributed by atoms with E-state index < -0.39 is 11.2 Å². The number of nitrogens with one attached hydrogen (secondary N) is 1. The fraction of sp³-hybridized carbons (Fsp3) is 0.533. The minimum Gasteiger partial charge on any atom is -0.416 e. The van der Waals surface area contributed by atoms with Gasteiger partial charge in [0.25, 0.3) is 10.8 Å². The third kappa shape index (κ3) is 3.84. The number of amides is 1. The van der Waals surface area contributed by atoms with Gasteiger partial charge in [-0.25, -0.2) is 4.79 Å². The summed E-state index contributed by atoms with van der Waals surface area (Å²) in [5, 5.41) is 8.12. The molecule has 1 aliphatic rings. The van der Waals surface area contributed by atoms with Crippen LogP contribution in [0.4, 0.5) is 0 Å². The molecule has 25 heavy (non-hydrogen) atoms. The van der Waals surface area contributed by atoms with Crippen LogP contribution in [0.1, 0.15) is 30.0 Å². The van der Waals surface area contributed by atoms with Gasteiger partial charge in [0.05, 0.1) is 12.2 Å². The van der Waals surface area contributed by atoms with Crippen molar-refractivity contribution in [2.75, 3.05) is 18.8 Å². The molecule has 1 aliphatic heterocycles. The lowest BCUT2D eigenvalue weighted by Crippen LogP contribution is -2.36. The molecule has 0 bridgehead atoms. The number of carbonyl (C=O) groups is 1. The summed E-state index contributed by atoms with van der Waals surface area (Å²) in [7, 11) is 1.41. The second kappa shape index (κ2) is 7.26. The Hall–Kier alpha value is -2.36. The van der Waals surface area contributed by atoms with E-state index in [0.29, 0.717) is 16.5 Å². The molecule has 134 valence electrons. The summed E-state index contributed by atoms with van der Waals surface area (Å²) in [6.07, 6.45) is 2.23. The van der Waals surface area contributed by atoms with E-state index in [1.54, 1.807) is 6.92 Å². The summed E-state index contributed by atoms with van der Waals surface area (Å²) in [4.78, 5) is 40.2. The van der Waals surface area contributed by atoms with Crippen LogP contribution in [-0.2, 0) is 18.3 Å². The van der Waals surface area contributed by atoms with Crippen molar-refractivity contribution >= 4 is 17.7 Å². The van der Waals surface area contributed by atoms with E-state index in [2.05, 4.69) is 15.2 Å². The van der Waals surface area contributed by atoms with Crippen LogP contribution in [-0.4, -0.2) is 49.4 Å². The Bertz CT molecular complexity index is 894. The molecule has 3 heterocycles. The van der Waals surface area contributed by atoms with E-state index in [4.69, 9.17) is 4.42 Å². The molecule has 0 unspecified atom stereocenters. The zero-order chi connectivity index (χ0) is 18.0. The highest BCUT2D eigenvalue weighted by Crippen LogP contribution is 2.19. The van der Waals surface area contributed by atoms with Gasteiger partial charge in [-0.1, -0.05) is 11.8 Å². The zero-order valence-electron chi connectivity index (χ0n) is 14.1. The number of carbonyl (C=O) groups excluding carboxylic acids is 1. The Morgan fingerprint density at radius 2 is 2.00 bits per heavy atom. The normalized spacial score (nSPS) is 14.2. The molecular formula is C15H19N5O4S. The van der Waals surface area contributed by atoms with Crippen LogP contribution in [0.2, 0.25) is 0 Å². The van der Waals surface area contributed by atoms with Gasteiger partial charge in [-0.2, -0.15) is 0 Å². The Morgan fingerprint density at radius 1 is 1.28 bits per heavy atom. The first-order chi connectivity index (χ1) is 12.0. The molecule has 0 radical (unpaired) electrons. The second-order valence-corrected chi connectivity index (χ2v) is 6.84. The van der Waals surface area contributed by atoms with Crippen LogP contribution >= 0.6 is 11.8 Å². The van der Waals surface area contributed by atoms with Crippen molar-refractivity contribution < 1.29 is 9.21 Å². The quantitative estimate of drug-likeness (QED) is 0.746. The largest absolute Gasteiger partial charge is 0.416 e. The van der Waals surface area contributed by atoms with Crippen molar-refractivity contribution in [3.8, 4) is 0 Å². The van der Waals surface area contributed by atoms with Crippen molar-refractivity contribution in [2.45, 2.75) is 31.4 Å². The average Bonchev–Trinajstić information content (AvgIpc) is 3.26. The molecular weight excluding hydrogens is 346 g/mol. The van der Waals surface area contributed by atoms with Crippen LogP contribution in [0.15, 0.2) is 19.2 Å². The van der Waals surface area contributed by atoms with Crippen LogP contribution in [0.3, 0.4) is 0 Å². The van der Waals surface area contributed by atoms with Gasteiger partial charge in [-0.3, -0.25) is 14.2 Å². The smallest absolute Gasteiger partial charge is 0.328 e. The number of aryl methyl sites for hydroxylation is 1. The lowest BCUT2D eigenvalue weighted by atomic mass is 10.2.